The van der Waals surface area contributed by atoms with Crippen molar-refractivity contribution in [3.63, 3.8) is 0 Å². The van der Waals surface area contributed by atoms with Gasteiger partial charge in [0, 0.05) is 17.2 Å². The molecule has 0 bridgehead atoms. The summed E-state index contributed by atoms with van der Waals surface area (Å²) in [5.41, 5.74) is 2.18. The molecule has 0 amide bonds. The van der Waals surface area contributed by atoms with Crippen LogP contribution in [0.5, 0.6) is 0 Å². The first-order valence-corrected chi connectivity index (χ1v) is 7.06. The number of rotatable bonds is 5. The number of aryl methyl sites for hydroxylation is 1. The van der Waals surface area contributed by atoms with Crippen LogP contribution in [0.1, 0.15) is 24.0 Å². The summed E-state index contributed by atoms with van der Waals surface area (Å²) in [6.07, 6.45) is 1.88. The number of halogens is 2. The molecule has 2 rings (SSSR count). The van der Waals surface area contributed by atoms with Crippen LogP contribution in [0.4, 0.5) is 4.39 Å². The van der Waals surface area contributed by atoms with Crippen molar-refractivity contribution in [2.45, 2.75) is 26.9 Å². The van der Waals surface area contributed by atoms with Gasteiger partial charge < -0.3 is 9.88 Å². The summed E-state index contributed by atoms with van der Waals surface area (Å²) in [7, 11) is 0. The molecule has 0 saturated heterocycles. The van der Waals surface area contributed by atoms with Gasteiger partial charge in [0.15, 0.2) is 0 Å². The van der Waals surface area contributed by atoms with Gasteiger partial charge in [0.25, 0.3) is 0 Å². The second-order valence-corrected chi connectivity index (χ2v) is 5.25. The number of aromatic nitrogens is 2. The van der Waals surface area contributed by atoms with Crippen molar-refractivity contribution in [1.29, 1.82) is 0 Å². The summed E-state index contributed by atoms with van der Waals surface area (Å²) in [5.74, 6) is 0.731. The van der Waals surface area contributed by atoms with Gasteiger partial charge in [0.2, 0.25) is 0 Å². The fourth-order valence-electron chi connectivity index (χ4n) is 1.95. The molecular weight excluding hydrogens is 309 g/mol. The Bertz CT molecular complexity index is 566. The van der Waals surface area contributed by atoms with Crippen molar-refractivity contribution in [2.75, 3.05) is 6.54 Å². The highest BCUT2D eigenvalue weighted by Gasteiger charge is 2.09. The molecule has 0 unspecified atom stereocenters. The van der Waals surface area contributed by atoms with Gasteiger partial charge in [-0.05, 0) is 31.2 Å². The van der Waals surface area contributed by atoms with E-state index < -0.39 is 0 Å². The Labute approximate surface area is 121 Å². The van der Waals surface area contributed by atoms with E-state index in [-0.39, 0.29) is 5.82 Å². The Morgan fingerprint density at radius 1 is 1.42 bits per heavy atom. The number of hydrogen-bond donors (Lipinski definition) is 1. The summed E-state index contributed by atoms with van der Waals surface area (Å²) in [5, 5.41) is 3.30. The van der Waals surface area contributed by atoms with E-state index in [0.29, 0.717) is 6.54 Å². The molecular formula is C14H17BrFN3. The van der Waals surface area contributed by atoms with E-state index in [4.69, 9.17) is 0 Å². The first-order chi connectivity index (χ1) is 9.11. The van der Waals surface area contributed by atoms with Gasteiger partial charge in [0.1, 0.15) is 11.6 Å². The minimum Gasteiger partial charge on any atom is -0.327 e. The monoisotopic (exact) mass is 325 g/mol. The SMILES string of the molecule is CCNCc1cnc(C)n1Cc1ccc(F)cc1Br. The zero-order valence-corrected chi connectivity index (χ0v) is 12.7. The molecule has 0 aliphatic heterocycles. The predicted molar refractivity (Wildman–Crippen MR) is 77.5 cm³/mol. The average molecular weight is 326 g/mol. The van der Waals surface area contributed by atoms with Gasteiger partial charge in [0.05, 0.1) is 12.2 Å². The topological polar surface area (TPSA) is 29.9 Å². The maximum absolute atomic E-state index is 13.1. The van der Waals surface area contributed by atoms with E-state index in [1.165, 1.54) is 12.1 Å². The third-order valence-corrected chi connectivity index (χ3v) is 3.78. The van der Waals surface area contributed by atoms with Gasteiger partial charge in [-0.1, -0.05) is 28.9 Å². The molecule has 5 heteroatoms. The highest BCUT2D eigenvalue weighted by atomic mass is 79.9. The van der Waals surface area contributed by atoms with E-state index in [0.717, 1.165) is 34.6 Å². The third-order valence-electron chi connectivity index (χ3n) is 3.04. The molecule has 0 aliphatic carbocycles. The molecule has 0 aliphatic rings. The highest BCUT2D eigenvalue weighted by Crippen LogP contribution is 2.20. The van der Waals surface area contributed by atoms with Crippen LogP contribution in [0, 0.1) is 12.7 Å². The van der Waals surface area contributed by atoms with Crippen molar-refractivity contribution in [3.8, 4) is 0 Å². The molecule has 0 radical (unpaired) electrons. The Hall–Kier alpha value is -1.20. The summed E-state index contributed by atoms with van der Waals surface area (Å²) in [6.45, 7) is 6.45. The van der Waals surface area contributed by atoms with Gasteiger partial charge in [-0.3, -0.25) is 0 Å². The number of nitrogens with zero attached hydrogens (tertiary/aromatic N) is 2. The van der Waals surface area contributed by atoms with Crippen molar-refractivity contribution in [1.82, 2.24) is 14.9 Å². The van der Waals surface area contributed by atoms with Crippen LogP contribution < -0.4 is 5.32 Å². The molecule has 0 atom stereocenters. The molecule has 19 heavy (non-hydrogen) atoms. The predicted octanol–water partition coefficient (Wildman–Crippen LogP) is 3.25. The van der Waals surface area contributed by atoms with E-state index in [1.54, 1.807) is 6.07 Å². The molecule has 0 fully saturated rings. The molecule has 0 spiro atoms. The first-order valence-electron chi connectivity index (χ1n) is 6.27. The summed E-state index contributed by atoms with van der Waals surface area (Å²) < 4.78 is 16.0. The minimum atomic E-state index is -0.231. The van der Waals surface area contributed by atoms with Crippen molar-refractivity contribution < 1.29 is 4.39 Å². The fraction of sp³-hybridized carbons (Fsp3) is 0.357. The molecule has 1 heterocycles. The molecule has 3 nitrogen and oxygen atoms in total. The summed E-state index contributed by atoms with van der Waals surface area (Å²) >= 11 is 3.41. The number of benzene rings is 1. The van der Waals surface area contributed by atoms with Crippen LogP contribution in [0.25, 0.3) is 0 Å². The first kappa shape index (κ1) is 14.2. The van der Waals surface area contributed by atoms with Crippen LogP contribution in [0.3, 0.4) is 0 Å². The minimum absolute atomic E-state index is 0.231. The Balaban J connectivity index is 2.24. The molecule has 0 saturated carbocycles. The van der Waals surface area contributed by atoms with Gasteiger partial charge in [-0.15, -0.1) is 0 Å². The molecule has 102 valence electrons. The smallest absolute Gasteiger partial charge is 0.124 e. The molecule has 1 aromatic heterocycles. The van der Waals surface area contributed by atoms with Crippen LogP contribution in [-0.2, 0) is 13.1 Å². The average Bonchev–Trinajstić information content (AvgIpc) is 2.71. The third kappa shape index (κ3) is 3.42. The molecule has 2 aromatic rings. The van der Waals surface area contributed by atoms with Crippen LogP contribution in [-0.4, -0.2) is 16.1 Å². The van der Waals surface area contributed by atoms with E-state index in [2.05, 4.69) is 37.7 Å². The maximum Gasteiger partial charge on any atom is 0.124 e. The largest absolute Gasteiger partial charge is 0.327 e. The quantitative estimate of drug-likeness (QED) is 0.914. The lowest BCUT2D eigenvalue weighted by Gasteiger charge is -2.12. The van der Waals surface area contributed by atoms with Gasteiger partial charge >= 0.3 is 0 Å². The van der Waals surface area contributed by atoms with Crippen molar-refractivity contribution in [2.24, 2.45) is 0 Å². The van der Waals surface area contributed by atoms with Gasteiger partial charge in [-0.2, -0.15) is 0 Å². The fourth-order valence-corrected chi connectivity index (χ4v) is 2.42. The van der Waals surface area contributed by atoms with Crippen LogP contribution in [0.15, 0.2) is 28.9 Å². The summed E-state index contributed by atoms with van der Waals surface area (Å²) in [6, 6.07) is 4.78. The molecule has 1 N–H and O–H groups in total. The number of nitrogens with one attached hydrogen (secondary N) is 1. The lowest BCUT2D eigenvalue weighted by Crippen LogP contribution is -2.16. The Morgan fingerprint density at radius 3 is 2.89 bits per heavy atom. The standard InChI is InChI=1S/C14H17BrFN3/c1-3-17-7-13-8-18-10(2)19(13)9-11-4-5-12(16)6-14(11)15/h4-6,8,17H,3,7,9H2,1-2H3. The van der Waals surface area contributed by atoms with E-state index in [1.807, 2.05) is 13.1 Å². The van der Waals surface area contributed by atoms with Gasteiger partial charge in [-0.25, -0.2) is 9.37 Å². The van der Waals surface area contributed by atoms with Crippen LogP contribution >= 0.6 is 15.9 Å². The van der Waals surface area contributed by atoms with E-state index >= 15 is 0 Å². The lowest BCUT2D eigenvalue weighted by molar-refractivity contribution is 0.621. The number of hydrogen-bond acceptors (Lipinski definition) is 2. The van der Waals surface area contributed by atoms with Crippen molar-refractivity contribution >= 4 is 15.9 Å². The highest BCUT2D eigenvalue weighted by molar-refractivity contribution is 9.10. The van der Waals surface area contributed by atoms with Crippen LogP contribution in [0.2, 0.25) is 0 Å². The zero-order chi connectivity index (χ0) is 13.8. The normalized spacial score (nSPS) is 10.9. The summed E-state index contributed by atoms with van der Waals surface area (Å²) in [4.78, 5) is 4.35. The second-order valence-electron chi connectivity index (χ2n) is 4.40. The number of imidazole rings is 1. The Morgan fingerprint density at radius 2 is 2.21 bits per heavy atom. The lowest BCUT2D eigenvalue weighted by atomic mass is 10.2. The maximum atomic E-state index is 13.1. The van der Waals surface area contributed by atoms with E-state index in [9.17, 15) is 4.39 Å². The Kier molecular flexibility index (Phi) is 4.71. The van der Waals surface area contributed by atoms with Crippen molar-refractivity contribution in [3.05, 3.63) is 51.8 Å². The molecule has 1 aromatic carbocycles. The second kappa shape index (κ2) is 6.30. The zero-order valence-electron chi connectivity index (χ0n) is 11.1.